The zero-order chi connectivity index (χ0) is 14.3. The van der Waals surface area contributed by atoms with Crippen LogP contribution in [0.15, 0.2) is 18.2 Å². The fourth-order valence-electron chi connectivity index (χ4n) is 2.03. The van der Waals surface area contributed by atoms with Crippen molar-refractivity contribution >= 4 is 29.1 Å². The number of nitrogens with zero attached hydrogens (tertiary/aromatic N) is 1. The minimum Gasteiger partial charge on any atom is -0.371 e. The zero-order valence-corrected chi connectivity index (χ0v) is 13.9. The van der Waals surface area contributed by atoms with Crippen molar-refractivity contribution in [1.82, 2.24) is 5.32 Å². The molecule has 1 unspecified atom stereocenters. The summed E-state index contributed by atoms with van der Waals surface area (Å²) in [5.74, 6) is 1.12. The highest BCUT2D eigenvalue weighted by Crippen LogP contribution is 2.28. The molecular weight excluding hydrogens is 276 g/mol. The Morgan fingerprint density at radius 1 is 1.42 bits per heavy atom. The molecule has 2 nitrogen and oxygen atoms in total. The number of hydrogen-bond acceptors (Lipinski definition) is 3. The van der Waals surface area contributed by atoms with Crippen molar-refractivity contribution in [1.29, 1.82) is 0 Å². The fourth-order valence-corrected chi connectivity index (χ4v) is 2.98. The van der Waals surface area contributed by atoms with Gasteiger partial charge in [-0.15, -0.1) is 0 Å². The minimum absolute atomic E-state index is 0.499. The molecule has 0 saturated heterocycles. The molecule has 0 aliphatic rings. The van der Waals surface area contributed by atoms with Crippen LogP contribution >= 0.6 is 23.4 Å². The molecule has 108 valence electrons. The zero-order valence-electron chi connectivity index (χ0n) is 12.4. The van der Waals surface area contributed by atoms with Gasteiger partial charge in [0, 0.05) is 41.7 Å². The van der Waals surface area contributed by atoms with Crippen LogP contribution < -0.4 is 10.2 Å². The van der Waals surface area contributed by atoms with Gasteiger partial charge in [0.15, 0.2) is 0 Å². The monoisotopic (exact) mass is 300 g/mol. The second-order valence-electron chi connectivity index (χ2n) is 4.83. The van der Waals surface area contributed by atoms with E-state index >= 15 is 0 Å². The average molecular weight is 301 g/mol. The van der Waals surface area contributed by atoms with E-state index < -0.39 is 0 Å². The Morgan fingerprint density at radius 2 is 2.16 bits per heavy atom. The third-order valence-electron chi connectivity index (χ3n) is 3.27. The normalized spacial score (nSPS) is 12.5. The Balaban J connectivity index is 2.89. The molecule has 4 heteroatoms. The lowest BCUT2D eigenvalue weighted by atomic mass is 10.1. The number of thioether (sulfide) groups is 1. The Kier molecular flexibility index (Phi) is 7.66. The molecule has 1 aromatic carbocycles. The van der Waals surface area contributed by atoms with E-state index in [1.165, 1.54) is 11.3 Å². The third kappa shape index (κ3) is 4.90. The molecular formula is C15H25ClN2S. The molecule has 0 aromatic heterocycles. The molecule has 0 aliphatic carbocycles. The van der Waals surface area contributed by atoms with Crippen molar-refractivity contribution in [2.75, 3.05) is 30.5 Å². The van der Waals surface area contributed by atoms with Crippen molar-refractivity contribution in [3.8, 4) is 0 Å². The summed E-state index contributed by atoms with van der Waals surface area (Å²) in [7, 11) is 2.15. The maximum absolute atomic E-state index is 6.36. The molecule has 19 heavy (non-hydrogen) atoms. The number of benzene rings is 1. The van der Waals surface area contributed by atoms with Crippen LogP contribution in [0.5, 0.6) is 0 Å². The average Bonchev–Trinajstić information content (AvgIpc) is 2.40. The van der Waals surface area contributed by atoms with Gasteiger partial charge in [-0.25, -0.2) is 0 Å². The van der Waals surface area contributed by atoms with E-state index in [2.05, 4.69) is 43.4 Å². The molecule has 0 radical (unpaired) electrons. The molecule has 0 saturated carbocycles. The molecule has 1 N–H and O–H groups in total. The predicted octanol–water partition coefficient (Wildman–Crippen LogP) is 4.03. The Morgan fingerprint density at radius 3 is 2.79 bits per heavy atom. The molecule has 1 aromatic rings. The summed E-state index contributed by atoms with van der Waals surface area (Å²) < 4.78 is 0. The molecule has 0 spiro atoms. The third-order valence-corrected chi connectivity index (χ3v) is 4.44. The van der Waals surface area contributed by atoms with E-state index in [4.69, 9.17) is 11.6 Å². The van der Waals surface area contributed by atoms with E-state index in [1.807, 2.05) is 23.9 Å². The number of rotatable bonds is 8. The standard InChI is InChI=1S/C15H25ClN2S/c1-5-9-17-10-13-14(16)7-6-8-15(13)18(3)12(2)11-19-4/h6-8,12,17H,5,9-11H2,1-4H3. The molecule has 0 fully saturated rings. The lowest BCUT2D eigenvalue weighted by molar-refractivity contribution is 0.670. The molecule has 0 amide bonds. The van der Waals surface area contributed by atoms with Crippen LogP contribution in [0, 0.1) is 0 Å². The lowest BCUT2D eigenvalue weighted by Gasteiger charge is -2.29. The van der Waals surface area contributed by atoms with Crippen LogP contribution in [-0.2, 0) is 6.54 Å². The maximum atomic E-state index is 6.36. The first kappa shape index (κ1) is 16.7. The van der Waals surface area contributed by atoms with Crippen LogP contribution in [0.1, 0.15) is 25.8 Å². The summed E-state index contributed by atoms with van der Waals surface area (Å²) in [6.45, 7) is 6.28. The number of hydrogen-bond donors (Lipinski definition) is 1. The van der Waals surface area contributed by atoms with Gasteiger partial charge in [0.1, 0.15) is 0 Å². The van der Waals surface area contributed by atoms with Gasteiger partial charge < -0.3 is 10.2 Å². The summed E-state index contributed by atoms with van der Waals surface area (Å²) in [6.07, 6.45) is 3.28. The van der Waals surface area contributed by atoms with Gasteiger partial charge in [0.25, 0.3) is 0 Å². The highest BCUT2D eigenvalue weighted by Gasteiger charge is 2.15. The quantitative estimate of drug-likeness (QED) is 0.730. The highest BCUT2D eigenvalue weighted by atomic mass is 35.5. The molecule has 1 rings (SSSR count). The number of anilines is 1. The van der Waals surface area contributed by atoms with Gasteiger partial charge in [-0.3, -0.25) is 0 Å². The topological polar surface area (TPSA) is 15.3 Å². The van der Waals surface area contributed by atoms with Crippen molar-refractivity contribution in [2.24, 2.45) is 0 Å². The molecule has 0 aliphatic heterocycles. The van der Waals surface area contributed by atoms with Gasteiger partial charge in [0.05, 0.1) is 0 Å². The summed E-state index contributed by atoms with van der Waals surface area (Å²) in [5, 5.41) is 4.29. The highest BCUT2D eigenvalue weighted by molar-refractivity contribution is 7.98. The first-order valence-electron chi connectivity index (χ1n) is 6.81. The SMILES string of the molecule is CCCNCc1c(Cl)cccc1N(C)C(C)CSC. The van der Waals surface area contributed by atoms with E-state index in [0.29, 0.717) is 6.04 Å². The van der Waals surface area contributed by atoms with E-state index in [9.17, 15) is 0 Å². The second-order valence-corrected chi connectivity index (χ2v) is 6.15. The molecule has 0 bridgehead atoms. The predicted molar refractivity (Wildman–Crippen MR) is 89.7 cm³/mol. The Labute approximate surface area is 126 Å². The molecule has 1 atom stereocenters. The smallest absolute Gasteiger partial charge is 0.0471 e. The van der Waals surface area contributed by atoms with Gasteiger partial charge >= 0.3 is 0 Å². The first-order valence-corrected chi connectivity index (χ1v) is 8.58. The van der Waals surface area contributed by atoms with Crippen LogP contribution in [0.25, 0.3) is 0 Å². The van der Waals surface area contributed by atoms with Crippen LogP contribution in [0.2, 0.25) is 5.02 Å². The number of halogens is 1. The Bertz CT molecular complexity index is 384. The van der Waals surface area contributed by atoms with Crippen LogP contribution in [0.4, 0.5) is 5.69 Å². The maximum Gasteiger partial charge on any atom is 0.0471 e. The number of nitrogens with one attached hydrogen (secondary N) is 1. The van der Waals surface area contributed by atoms with Crippen molar-refractivity contribution in [3.05, 3.63) is 28.8 Å². The van der Waals surface area contributed by atoms with Crippen molar-refractivity contribution in [3.63, 3.8) is 0 Å². The van der Waals surface area contributed by atoms with E-state index in [-0.39, 0.29) is 0 Å². The lowest BCUT2D eigenvalue weighted by Crippen LogP contribution is -2.32. The van der Waals surface area contributed by atoms with Crippen LogP contribution in [-0.4, -0.2) is 31.6 Å². The summed E-state index contributed by atoms with van der Waals surface area (Å²) >= 11 is 8.24. The van der Waals surface area contributed by atoms with Crippen molar-refractivity contribution in [2.45, 2.75) is 32.9 Å². The van der Waals surface area contributed by atoms with Gasteiger partial charge in [-0.05, 0) is 38.3 Å². The minimum atomic E-state index is 0.499. The fraction of sp³-hybridized carbons (Fsp3) is 0.600. The second kappa shape index (κ2) is 8.72. The van der Waals surface area contributed by atoms with E-state index in [1.54, 1.807) is 0 Å². The van der Waals surface area contributed by atoms with Crippen LogP contribution in [0.3, 0.4) is 0 Å². The van der Waals surface area contributed by atoms with Gasteiger partial charge in [0.2, 0.25) is 0 Å². The molecule has 0 heterocycles. The summed E-state index contributed by atoms with van der Waals surface area (Å²) in [4.78, 5) is 2.32. The van der Waals surface area contributed by atoms with E-state index in [0.717, 1.165) is 30.3 Å². The Hall–Kier alpha value is -0.380. The first-order chi connectivity index (χ1) is 9.11. The summed E-state index contributed by atoms with van der Waals surface area (Å²) in [5.41, 5.74) is 2.44. The van der Waals surface area contributed by atoms with Crippen molar-refractivity contribution < 1.29 is 0 Å². The van der Waals surface area contributed by atoms with Gasteiger partial charge in [-0.2, -0.15) is 11.8 Å². The summed E-state index contributed by atoms with van der Waals surface area (Å²) in [6, 6.07) is 6.66. The van der Waals surface area contributed by atoms with Gasteiger partial charge in [-0.1, -0.05) is 24.6 Å². The largest absolute Gasteiger partial charge is 0.371 e.